The van der Waals surface area contributed by atoms with E-state index < -0.39 is 0 Å². The summed E-state index contributed by atoms with van der Waals surface area (Å²) in [5.74, 6) is 2.44. The monoisotopic (exact) mass is 331 g/mol. The number of anilines is 1. The van der Waals surface area contributed by atoms with Crippen LogP contribution in [0.5, 0.6) is 0 Å². The third-order valence-electron chi connectivity index (χ3n) is 3.20. The van der Waals surface area contributed by atoms with Gasteiger partial charge in [0.1, 0.15) is 11.6 Å². The molecule has 1 aromatic heterocycles. The summed E-state index contributed by atoms with van der Waals surface area (Å²) in [4.78, 5) is 9.39. The van der Waals surface area contributed by atoms with Crippen LogP contribution in [0.3, 0.4) is 0 Å². The first-order chi connectivity index (χ1) is 7.48. The molecule has 1 aliphatic carbocycles. The zero-order chi connectivity index (χ0) is 11.9. The maximum atomic E-state index is 4.76. The molecule has 16 heavy (non-hydrogen) atoms. The van der Waals surface area contributed by atoms with Crippen molar-refractivity contribution >= 4 is 28.4 Å². The summed E-state index contributed by atoms with van der Waals surface area (Å²) in [7, 11) is 1.92. The van der Waals surface area contributed by atoms with Gasteiger partial charge in [-0.05, 0) is 41.4 Å². The van der Waals surface area contributed by atoms with Crippen LogP contribution < -0.4 is 5.32 Å². The molecular formula is C12H18IN3. The van der Waals surface area contributed by atoms with Crippen molar-refractivity contribution in [2.45, 2.75) is 44.9 Å². The highest BCUT2D eigenvalue weighted by molar-refractivity contribution is 14.1. The van der Waals surface area contributed by atoms with E-state index in [9.17, 15) is 0 Å². The second-order valence-electron chi connectivity index (χ2n) is 5.06. The highest BCUT2D eigenvalue weighted by Gasteiger charge is 2.42. The molecule has 1 N–H and O–H groups in total. The fourth-order valence-corrected chi connectivity index (χ4v) is 2.83. The van der Waals surface area contributed by atoms with E-state index in [1.54, 1.807) is 0 Å². The predicted molar refractivity (Wildman–Crippen MR) is 75.0 cm³/mol. The van der Waals surface area contributed by atoms with E-state index >= 15 is 0 Å². The third kappa shape index (κ3) is 2.04. The van der Waals surface area contributed by atoms with Crippen molar-refractivity contribution in [1.29, 1.82) is 0 Å². The van der Waals surface area contributed by atoms with E-state index in [2.05, 4.69) is 53.7 Å². The Morgan fingerprint density at radius 1 is 1.31 bits per heavy atom. The summed E-state index contributed by atoms with van der Waals surface area (Å²) in [5.41, 5.74) is 1.41. The first kappa shape index (κ1) is 12.1. The van der Waals surface area contributed by atoms with Gasteiger partial charge in [-0.2, -0.15) is 0 Å². The molecular weight excluding hydrogens is 313 g/mol. The van der Waals surface area contributed by atoms with Gasteiger partial charge >= 0.3 is 0 Å². The van der Waals surface area contributed by atoms with Crippen LogP contribution in [0, 0.1) is 3.57 Å². The van der Waals surface area contributed by atoms with Gasteiger partial charge in [0.05, 0.1) is 9.26 Å². The fourth-order valence-electron chi connectivity index (χ4n) is 1.69. The molecule has 1 fully saturated rings. The molecule has 1 aromatic rings. The van der Waals surface area contributed by atoms with Crippen molar-refractivity contribution in [2.75, 3.05) is 12.4 Å². The van der Waals surface area contributed by atoms with Crippen LogP contribution in [0.25, 0.3) is 0 Å². The number of halogens is 1. The molecule has 0 radical (unpaired) electrons. The Morgan fingerprint density at radius 2 is 1.94 bits per heavy atom. The Kier molecular flexibility index (Phi) is 3.11. The molecule has 0 spiro atoms. The topological polar surface area (TPSA) is 37.8 Å². The van der Waals surface area contributed by atoms with Crippen molar-refractivity contribution in [3.05, 3.63) is 15.1 Å². The maximum Gasteiger partial charge on any atom is 0.143 e. The van der Waals surface area contributed by atoms with E-state index in [4.69, 9.17) is 4.98 Å². The average molecular weight is 331 g/mol. The standard InChI is InChI=1S/C12H18IN3/c1-7(2)9-8(13)10(14-4)16-11(15-9)12(3)5-6-12/h7H,5-6H2,1-4H3,(H,14,15,16). The van der Waals surface area contributed by atoms with Gasteiger partial charge in [0.2, 0.25) is 0 Å². The zero-order valence-electron chi connectivity index (χ0n) is 10.3. The SMILES string of the molecule is CNc1nc(C2(C)CC2)nc(C(C)C)c1I. The fraction of sp³-hybridized carbons (Fsp3) is 0.667. The highest BCUT2D eigenvalue weighted by Crippen LogP contribution is 2.46. The normalized spacial score (nSPS) is 17.6. The Bertz CT molecular complexity index is 411. The van der Waals surface area contributed by atoms with Crippen LogP contribution in [0.2, 0.25) is 0 Å². The first-order valence-corrected chi connectivity index (χ1v) is 6.81. The second kappa shape index (κ2) is 4.13. The molecule has 0 aromatic carbocycles. The van der Waals surface area contributed by atoms with Gasteiger partial charge in [-0.25, -0.2) is 9.97 Å². The number of hydrogen-bond acceptors (Lipinski definition) is 3. The summed E-state index contributed by atoms with van der Waals surface area (Å²) >= 11 is 2.33. The number of hydrogen-bond donors (Lipinski definition) is 1. The predicted octanol–water partition coefficient (Wildman–Crippen LogP) is 3.30. The van der Waals surface area contributed by atoms with Gasteiger partial charge in [-0.15, -0.1) is 0 Å². The van der Waals surface area contributed by atoms with E-state index in [1.807, 2.05) is 7.05 Å². The molecule has 0 aliphatic heterocycles. The molecule has 0 bridgehead atoms. The molecule has 0 atom stereocenters. The molecule has 0 unspecified atom stereocenters. The second-order valence-corrected chi connectivity index (χ2v) is 6.14. The summed E-state index contributed by atoms with van der Waals surface area (Å²) in [5, 5.41) is 3.17. The maximum absolute atomic E-state index is 4.76. The van der Waals surface area contributed by atoms with Gasteiger partial charge in [-0.3, -0.25) is 0 Å². The summed E-state index contributed by atoms with van der Waals surface area (Å²) < 4.78 is 1.16. The van der Waals surface area contributed by atoms with Crippen molar-refractivity contribution in [1.82, 2.24) is 9.97 Å². The quantitative estimate of drug-likeness (QED) is 0.864. The molecule has 1 saturated carbocycles. The highest BCUT2D eigenvalue weighted by atomic mass is 127. The third-order valence-corrected chi connectivity index (χ3v) is 4.26. The van der Waals surface area contributed by atoms with Gasteiger partial charge in [-0.1, -0.05) is 20.8 Å². The molecule has 0 saturated heterocycles. The first-order valence-electron chi connectivity index (χ1n) is 5.73. The molecule has 2 rings (SSSR count). The van der Waals surface area contributed by atoms with Crippen LogP contribution in [-0.2, 0) is 5.41 Å². The van der Waals surface area contributed by atoms with Crippen LogP contribution in [-0.4, -0.2) is 17.0 Å². The minimum Gasteiger partial charge on any atom is -0.372 e. The lowest BCUT2D eigenvalue weighted by atomic mass is 10.1. The Hall–Kier alpha value is -0.390. The number of aromatic nitrogens is 2. The lowest BCUT2D eigenvalue weighted by Gasteiger charge is -2.16. The van der Waals surface area contributed by atoms with E-state index in [0.29, 0.717) is 5.92 Å². The van der Waals surface area contributed by atoms with E-state index in [-0.39, 0.29) is 5.41 Å². The number of nitrogens with one attached hydrogen (secondary N) is 1. The van der Waals surface area contributed by atoms with E-state index in [1.165, 1.54) is 18.5 Å². The van der Waals surface area contributed by atoms with E-state index in [0.717, 1.165) is 15.2 Å². The Balaban J connectivity index is 2.52. The molecule has 1 aliphatic rings. The van der Waals surface area contributed by atoms with Gasteiger partial charge in [0.25, 0.3) is 0 Å². The summed E-state index contributed by atoms with van der Waals surface area (Å²) in [6.07, 6.45) is 2.43. The van der Waals surface area contributed by atoms with Crippen molar-refractivity contribution in [3.8, 4) is 0 Å². The van der Waals surface area contributed by atoms with Crippen molar-refractivity contribution in [2.24, 2.45) is 0 Å². The van der Waals surface area contributed by atoms with Gasteiger partial charge in [0, 0.05) is 12.5 Å². The van der Waals surface area contributed by atoms with Crippen LogP contribution in [0.15, 0.2) is 0 Å². The largest absolute Gasteiger partial charge is 0.372 e. The molecule has 88 valence electrons. The van der Waals surface area contributed by atoms with Crippen LogP contribution in [0.4, 0.5) is 5.82 Å². The number of rotatable bonds is 3. The zero-order valence-corrected chi connectivity index (χ0v) is 12.4. The Morgan fingerprint density at radius 3 is 2.38 bits per heavy atom. The van der Waals surface area contributed by atoms with Crippen molar-refractivity contribution < 1.29 is 0 Å². The Labute approximate surface area is 111 Å². The van der Waals surface area contributed by atoms with Crippen molar-refractivity contribution in [3.63, 3.8) is 0 Å². The smallest absolute Gasteiger partial charge is 0.143 e. The molecule has 0 amide bonds. The van der Waals surface area contributed by atoms with Crippen LogP contribution in [0.1, 0.15) is 51.0 Å². The lowest BCUT2D eigenvalue weighted by Crippen LogP contribution is -2.14. The minimum atomic E-state index is 0.236. The number of nitrogens with zero attached hydrogens (tertiary/aromatic N) is 2. The van der Waals surface area contributed by atoms with Gasteiger partial charge < -0.3 is 5.32 Å². The minimum absolute atomic E-state index is 0.236. The lowest BCUT2D eigenvalue weighted by molar-refractivity contribution is 0.681. The average Bonchev–Trinajstić information content (AvgIpc) is 2.97. The molecule has 3 nitrogen and oxygen atoms in total. The summed E-state index contributed by atoms with van der Waals surface area (Å²) in [6, 6.07) is 0. The molecule has 1 heterocycles. The van der Waals surface area contributed by atoms with Crippen LogP contribution >= 0.6 is 22.6 Å². The van der Waals surface area contributed by atoms with Gasteiger partial charge in [0.15, 0.2) is 0 Å². The summed E-state index contributed by atoms with van der Waals surface area (Å²) in [6.45, 7) is 6.62. The molecule has 4 heteroatoms.